The van der Waals surface area contributed by atoms with Gasteiger partial charge in [0.1, 0.15) is 11.5 Å². The molecule has 0 saturated carbocycles. The van der Waals surface area contributed by atoms with Gasteiger partial charge in [0.2, 0.25) is 0 Å². The number of ether oxygens (including phenoxy) is 3. The van der Waals surface area contributed by atoms with Crippen molar-refractivity contribution >= 4 is 5.97 Å². The summed E-state index contributed by atoms with van der Waals surface area (Å²) in [5, 5.41) is 9.17. The highest BCUT2D eigenvalue weighted by Gasteiger charge is 2.08. The van der Waals surface area contributed by atoms with Crippen LogP contribution in [-0.2, 0) is 16.1 Å². The van der Waals surface area contributed by atoms with Crippen molar-refractivity contribution in [2.24, 2.45) is 0 Å². The van der Waals surface area contributed by atoms with Crippen LogP contribution in [0.2, 0.25) is 0 Å². The standard InChI is InChI=1S/C13H18O5/c1-3-6-17-11-5-4-10(8-14)12(7-11)18-9-13(15)16-2/h4-5,7,14H,3,6,8-9H2,1-2H3. The van der Waals surface area contributed by atoms with Gasteiger partial charge in [-0.3, -0.25) is 0 Å². The summed E-state index contributed by atoms with van der Waals surface area (Å²) in [7, 11) is 1.29. The molecule has 0 unspecified atom stereocenters. The second-order valence-corrected chi connectivity index (χ2v) is 3.64. The lowest BCUT2D eigenvalue weighted by atomic mass is 10.2. The topological polar surface area (TPSA) is 65.0 Å². The van der Waals surface area contributed by atoms with Gasteiger partial charge in [-0.15, -0.1) is 0 Å². The van der Waals surface area contributed by atoms with Crippen molar-refractivity contribution in [3.8, 4) is 11.5 Å². The van der Waals surface area contributed by atoms with E-state index in [2.05, 4.69) is 4.74 Å². The van der Waals surface area contributed by atoms with Gasteiger partial charge in [-0.05, 0) is 18.6 Å². The van der Waals surface area contributed by atoms with Crippen LogP contribution in [0.3, 0.4) is 0 Å². The molecular weight excluding hydrogens is 236 g/mol. The Hall–Kier alpha value is -1.75. The van der Waals surface area contributed by atoms with Gasteiger partial charge in [0.15, 0.2) is 6.61 Å². The van der Waals surface area contributed by atoms with Gasteiger partial charge >= 0.3 is 5.97 Å². The van der Waals surface area contributed by atoms with E-state index in [1.165, 1.54) is 7.11 Å². The van der Waals surface area contributed by atoms with E-state index in [9.17, 15) is 9.90 Å². The molecule has 0 atom stereocenters. The van der Waals surface area contributed by atoms with Crippen molar-refractivity contribution in [3.63, 3.8) is 0 Å². The number of carbonyl (C=O) groups is 1. The van der Waals surface area contributed by atoms with E-state index in [0.717, 1.165) is 6.42 Å². The SMILES string of the molecule is CCCOc1ccc(CO)c(OCC(=O)OC)c1. The second kappa shape index (κ2) is 7.55. The van der Waals surface area contributed by atoms with E-state index >= 15 is 0 Å². The van der Waals surface area contributed by atoms with Crippen LogP contribution in [0.5, 0.6) is 11.5 Å². The Bertz CT molecular complexity index is 389. The molecule has 0 bridgehead atoms. The summed E-state index contributed by atoms with van der Waals surface area (Å²) >= 11 is 0. The summed E-state index contributed by atoms with van der Waals surface area (Å²) < 4.78 is 15.2. The minimum absolute atomic E-state index is 0.162. The molecule has 1 N–H and O–H groups in total. The first-order chi connectivity index (χ1) is 8.71. The highest BCUT2D eigenvalue weighted by molar-refractivity contribution is 5.71. The summed E-state index contributed by atoms with van der Waals surface area (Å²) in [5.74, 6) is 0.601. The van der Waals surface area contributed by atoms with Crippen LogP contribution in [0.1, 0.15) is 18.9 Å². The fourth-order valence-corrected chi connectivity index (χ4v) is 1.31. The van der Waals surface area contributed by atoms with Crippen molar-refractivity contribution in [1.29, 1.82) is 0 Å². The normalized spacial score (nSPS) is 9.94. The van der Waals surface area contributed by atoms with Crippen molar-refractivity contribution in [3.05, 3.63) is 23.8 Å². The largest absolute Gasteiger partial charge is 0.493 e. The fraction of sp³-hybridized carbons (Fsp3) is 0.462. The Morgan fingerprint density at radius 1 is 1.33 bits per heavy atom. The van der Waals surface area contributed by atoms with Crippen LogP contribution in [-0.4, -0.2) is 31.4 Å². The maximum absolute atomic E-state index is 11.0. The van der Waals surface area contributed by atoms with E-state index in [1.54, 1.807) is 18.2 Å². The maximum atomic E-state index is 11.0. The summed E-state index contributed by atoms with van der Waals surface area (Å²) in [6.45, 7) is 2.26. The molecule has 0 aromatic heterocycles. The van der Waals surface area contributed by atoms with Gasteiger partial charge in [0, 0.05) is 11.6 Å². The molecule has 5 nitrogen and oxygen atoms in total. The number of rotatable bonds is 7. The zero-order valence-electron chi connectivity index (χ0n) is 10.6. The smallest absolute Gasteiger partial charge is 0.343 e. The average Bonchev–Trinajstić information content (AvgIpc) is 2.42. The second-order valence-electron chi connectivity index (χ2n) is 3.64. The first-order valence-electron chi connectivity index (χ1n) is 5.77. The molecule has 18 heavy (non-hydrogen) atoms. The summed E-state index contributed by atoms with van der Waals surface area (Å²) in [6.07, 6.45) is 0.903. The molecule has 5 heteroatoms. The van der Waals surface area contributed by atoms with Crippen LogP contribution in [0.25, 0.3) is 0 Å². The lowest BCUT2D eigenvalue weighted by molar-refractivity contribution is -0.142. The van der Waals surface area contributed by atoms with E-state index in [4.69, 9.17) is 9.47 Å². The Morgan fingerprint density at radius 2 is 2.11 bits per heavy atom. The average molecular weight is 254 g/mol. The van der Waals surface area contributed by atoms with Crippen molar-refractivity contribution in [1.82, 2.24) is 0 Å². The number of benzene rings is 1. The number of hydrogen-bond acceptors (Lipinski definition) is 5. The molecule has 100 valence electrons. The molecule has 0 spiro atoms. The van der Waals surface area contributed by atoms with Crippen molar-refractivity contribution < 1.29 is 24.1 Å². The lowest BCUT2D eigenvalue weighted by Crippen LogP contribution is -2.13. The Kier molecular flexibility index (Phi) is 6.00. The highest BCUT2D eigenvalue weighted by Crippen LogP contribution is 2.25. The summed E-state index contributed by atoms with van der Waals surface area (Å²) in [4.78, 5) is 11.0. The maximum Gasteiger partial charge on any atom is 0.343 e. The van der Waals surface area contributed by atoms with E-state index in [1.807, 2.05) is 6.92 Å². The van der Waals surface area contributed by atoms with Crippen LogP contribution in [0, 0.1) is 0 Å². The predicted molar refractivity (Wildman–Crippen MR) is 65.7 cm³/mol. The number of aliphatic hydroxyl groups excluding tert-OH is 1. The van der Waals surface area contributed by atoms with Gasteiger partial charge in [0.25, 0.3) is 0 Å². The number of esters is 1. The monoisotopic (exact) mass is 254 g/mol. The zero-order chi connectivity index (χ0) is 13.4. The molecular formula is C13H18O5. The third-order valence-electron chi connectivity index (χ3n) is 2.26. The molecule has 0 saturated heterocycles. The lowest BCUT2D eigenvalue weighted by Gasteiger charge is -2.11. The summed E-state index contributed by atoms with van der Waals surface area (Å²) in [5.41, 5.74) is 0.600. The molecule has 1 aromatic carbocycles. The van der Waals surface area contributed by atoms with Crippen LogP contribution in [0.15, 0.2) is 18.2 Å². The van der Waals surface area contributed by atoms with Crippen LogP contribution in [0.4, 0.5) is 0 Å². The van der Waals surface area contributed by atoms with Gasteiger partial charge in [0.05, 0.1) is 20.3 Å². The van der Waals surface area contributed by atoms with Gasteiger partial charge in [-0.25, -0.2) is 4.79 Å². The fourth-order valence-electron chi connectivity index (χ4n) is 1.31. The Labute approximate surface area is 106 Å². The van der Waals surface area contributed by atoms with Crippen LogP contribution < -0.4 is 9.47 Å². The molecule has 0 amide bonds. The first-order valence-corrected chi connectivity index (χ1v) is 5.77. The third kappa shape index (κ3) is 4.25. The molecule has 0 aliphatic heterocycles. The minimum Gasteiger partial charge on any atom is -0.493 e. The number of methoxy groups -OCH3 is 1. The molecule has 0 fully saturated rings. The van der Waals surface area contributed by atoms with Gasteiger partial charge in [-0.1, -0.05) is 6.92 Å². The molecule has 0 aliphatic carbocycles. The van der Waals surface area contributed by atoms with Crippen molar-refractivity contribution in [2.45, 2.75) is 20.0 Å². The molecule has 1 rings (SSSR count). The Morgan fingerprint density at radius 3 is 2.72 bits per heavy atom. The highest BCUT2D eigenvalue weighted by atomic mass is 16.6. The molecule has 1 aromatic rings. The minimum atomic E-state index is -0.473. The third-order valence-corrected chi connectivity index (χ3v) is 2.26. The van der Waals surface area contributed by atoms with Crippen LogP contribution >= 0.6 is 0 Å². The van der Waals surface area contributed by atoms with Crippen molar-refractivity contribution in [2.75, 3.05) is 20.3 Å². The molecule has 0 radical (unpaired) electrons. The molecule has 0 heterocycles. The number of hydrogen-bond donors (Lipinski definition) is 1. The number of aliphatic hydroxyl groups is 1. The van der Waals surface area contributed by atoms with Gasteiger partial charge < -0.3 is 19.3 Å². The first kappa shape index (κ1) is 14.3. The van der Waals surface area contributed by atoms with E-state index < -0.39 is 5.97 Å². The summed E-state index contributed by atoms with van der Waals surface area (Å²) in [6, 6.07) is 5.12. The molecule has 0 aliphatic rings. The van der Waals surface area contributed by atoms with E-state index in [-0.39, 0.29) is 13.2 Å². The quantitative estimate of drug-likeness (QED) is 0.747. The number of carbonyl (C=O) groups excluding carboxylic acids is 1. The van der Waals surface area contributed by atoms with E-state index in [0.29, 0.717) is 23.7 Å². The van der Waals surface area contributed by atoms with Gasteiger partial charge in [-0.2, -0.15) is 0 Å². The Balaban J connectivity index is 2.74. The predicted octanol–water partition coefficient (Wildman–Crippen LogP) is 1.52. The zero-order valence-corrected chi connectivity index (χ0v) is 10.6.